The minimum Gasteiger partial charge on any atom is -0.508 e. The molecule has 0 aliphatic rings. The van der Waals surface area contributed by atoms with E-state index in [4.69, 9.17) is 18.9 Å². The fourth-order valence-electron chi connectivity index (χ4n) is 2.21. The highest BCUT2D eigenvalue weighted by atomic mass is 16.5. The molecule has 0 fully saturated rings. The zero-order valence-electron chi connectivity index (χ0n) is 14.7. The topological polar surface area (TPSA) is 94.5 Å². The Hall–Kier alpha value is -3.09. The lowest BCUT2D eigenvalue weighted by atomic mass is 10.2. The maximum atomic E-state index is 11.9. The summed E-state index contributed by atoms with van der Waals surface area (Å²) in [6, 6.07) is 9.08. The van der Waals surface area contributed by atoms with Gasteiger partial charge < -0.3 is 29.2 Å². The Morgan fingerprint density at radius 2 is 1.15 bits per heavy atom. The maximum Gasteiger partial charge on any atom is 0.139 e. The normalized spacial score (nSPS) is 10.2. The number of aromatic hydroxyl groups is 2. The fraction of sp³-hybridized carbons (Fsp3) is 0.316. The van der Waals surface area contributed by atoms with Gasteiger partial charge in [0.25, 0.3) is 0 Å². The molecule has 0 amide bonds. The summed E-state index contributed by atoms with van der Waals surface area (Å²) < 4.78 is 21.2. The number of Topliss-reactive ketones (excluding diaryl/α,β-unsaturated/α-hetero) is 1. The summed E-state index contributed by atoms with van der Waals surface area (Å²) in [5, 5.41) is 18.7. The molecule has 0 spiro atoms. The second-order valence-electron chi connectivity index (χ2n) is 5.47. The van der Waals surface area contributed by atoms with Gasteiger partial charge in [0.1, 0.15) is 40.3 Å². The molecule has 26 heavy (non-hydrogen) atoms. The minimum absolute atomic E-state index is 0.0239. The third kappa shape index (κ3) is 6.08. The summed E-state index contributed by atoms with van der Waals surface area (Å²) in [4.78, 5) is 11.9. The number of phenolic OH excluding ortho intramolecular Hbond substituents is 2. The Bertz CT molecular complexity index is 700. The summed E-state index contributed by atoms with van der Waals surface area (Å²) in [7, 11) is 3.10. The standard InChI is InChI=1S/C19H22O7/c1-23-16-10-17(24-2)12-19(11-16)26-6-4-13(20)3-5-25-18-8-14(21)7-15(22)9-18/h7-12,21-22H,3-6H2,1-2H3. The zero-order chi connectivity index (χ0) is 18.9. The number of hydrogen-bond donors (Lipinski definition) is 2. The first kappa shape index (κ1) is 19.2. The van der Waals surface area contributed by atoms with Gasteiger partial charge in [-0.2, -0.15) is 0 Å². The average Bonchev–Trinajstić information content (AvgIpc) is 2.60. The lowest BCUT2D eigenvalue weighted by molar-refractivity contribution is -0.120. The van der Waals surface area contributed by atoms with Crippen LogP contribution in [0.5, 0.6) is 34.5 Å². The van der Waals surface area contributed by atoms with Gasteiger partial charge in [-0.15, -0.1) is 0 Å². The van der Waals surface area contributed by atoms with Crippen molar-refractivity contribution in [2.75, 3.05) is 27.4 Å². The van der Waals surface area contributed by atoms with E-state index in [-0.39, 0.29) is 43.3 Å². The summed E-state index contributed by atoms with van der Waals surface area (Å²) in [6.45, 7) is 0.372. The lowest BCUT2D eigenvalue weighted by Gasteiger charge is -2.10. The SMILES string of the molecule is COc1cc(OC)cc(OCCC(=O)CCOc2cc(O)cc(O)c2)c1. The van der Waals surface area contributed by atoms with Gasteiger partial charge in [-0.25, -0.2) is 0 Å². The molecule has 2 aromatic carbocycles. The number of methoxy groups -OCH3 is 2. The van der Waals surface area contributed by atoms with Crippen LogP contribution in [0, 0.1) is 0 Å². The van der Waals surface area contributed by atoms with E-state index in [0.717, 1.165) is 0 Å². The molecular formula is C19H22O7. The van der Waals surface area contributed by atoms with Gasteiger partial charge in [0.2, 0.25) is 0 Å². The van der Waals surface area contributed by atoms with Crippen LogP contribution < -0.4 is 18.9 Å². The van der Waals surface area contributed by atoms with Crippen molar-refractivity contribution >= 4 is 5.78 Å². The number of carbonyl (C=O) groups excluding carboxylic acids is 1. The number of ketones is 1. The molecule has 0 saturated carbocycles. The van der Waals surface area contributed by atoms with E-state index in [2.05, 4.69) is 0 Å². The van der Waals surface area contributed by atoms with Crippen LogP contribution in [0.1, 0.15) is 12.8 Å². The minimum atomic E-state index is -0.103. The van der Waals surface area contributed by atoms with Crippen molar-refractivity contribution in [3.05, 3.63) is 36.4 Å². The Kier molecular flexibility index (Phi) is 6.96. The lowest BCUT2D eigenvalue weighted by Crippen LogP contribution is -2.10. The molecule has 0 heterocycles. The van der Waals surface area contributed by atoms with Gasteiger partial charge in [0.15, 0.2) is 0 Å². The summed E-state index contributed by atoms with van der Waals surface area (Å²) in [5.74, 6) is 1.84. The van der Waals surface area contributed by atoms with Crippen LogP contribution in [0.4, 0.5) is 0 Å². The molecule has 140 valence electrons. The van der Waals surface area contributed by atoms with E-state index in [9.17, 15) is 15.0 Å². The van der Waals surface area contributed by atoms with Gasteiger partial charge >= 0.3 is 0 Å². The average molecular weight is 362 g/mol. The number of hydrogen-bond acceptors (Lipinski definition) is 7. The van der Waals surface area contributed by atoms with Crippen LogP contribution in [0.25, 0.3) is 0 Å². The number of carbonyl (C=O) groups is 1. The first-order chi connectivity index (χ1) is 12.5. The third-order valence-corrected chi connectivity index (χ3v) is 3.50. The number of phenols is 2. The molecule has 2 aromatic rings. The van der Waals surface area contributed by atoms with E-state index in [1.807, 2.05) is 0 Å². The van der Waals surface area contributed by atoms with E-state index < -0.39 is 0 Å². The van der Waals surface area contributed by atoms with Crippen LogP contribution in [-0.4, -0.2) is 43.4 Å². The van der Waals surface area contributed by atoms with E-state index in [1.54, 1.807) is 32.4 Å². The van der Waals surface area contributed by atoms with Crippen molar-refractivity contribution in [3.8, 4) is 34.5 Å². The molecule has 7 nitrogen and oxygen atoms in total. The van der Waals surface area contributed by atoms with Gasteiger partial charge in [0, 0.05) is 49.2 Å². The smallest absolute Gasteiger partial charge is 0.139 e. The molecule has 2 N–H and O–H groups in total. The molecular weight excluding hydrogens is 340 g/mol. The monoisotopic (exact) mass is 362 g/mol. The third-order valence-electron chi connectivity index (χ3n) is 3.50. The van der Waals surface area contributed by atoms with E-state index in [1.165, 1.54) is 18.2 Å². The fourth-order valence-corrected chi connectivity index (χ4v) is 2.21. The molecule has 0 radical (unpaired) electrons. The first-order valence-electron chi connectivity index (χ1n) is 8.03. The van der Waals surface area contributed by atoms with Crippen molar-refractivity contribution in [3.63, 3.8) is 0 Å². The molecule has 0 aliphatic heterocycles. The number of ether oxygens (including phenoxy) is 4. The Labute approximate surface area is 151 Å². The second kappa shape index (κ2) is 9.41. The van der Waals surface area contributed by atoms with Crippen LogP contribution in [0.15, 0.2) is 36.4 Å². The van der Waals surface area contributed by atoms with E-state index >= 15 is 0 Å². The summed E-state index contributed by atoms with van der Waals surface area (Å²) in [5.41, 5.74) is 0. The highest BCUT2D eigenvalue weighted by Crippen LogP contribution is 2.27. The van der Waals surface area contributed by atoms with Crippen molar-refractivity contribution in [1.82, 2.24) is 0 Å². The van der Waals surface area contributed by atoms with E-state index in [0.29, 0.717) is 23.0 Å². The van der Waals surface area contributed by atoms with Gasteiger partial charge in [-0.1, -0.05) is 0 Å². The highest BCUT2D eigenvalue weighted by Gasteiger charge is 2.07. The predicted octanol–water partition coefficient (Wildman–Crippen LogP) is 2.92. The molecule has 0 unspecified atom stereocenters. The van der Waals surface area contributed by atoms with Crippen LogP contribution in [-0.2, 0) is 4.79 Å². The number of benzene rings is 2. The maximum absolute atomic E-state index is 11.9. The van der Waals surface area contributed by atoms with Gasteiger partial charge in [0.05, 0.1) is 27.4 Å². The van der Waals surface area contributed by atoms with Crippen LogP contribution >= 0.6 is 0 Å². The van der Waals surface area contributed by atoms with Crippen LogP contribution in [0.3, 0.4) is 0 Å². The molecule has 0 saturated heterocycles. The van der Waals surface area contributed by atoms with Gasteiger partial charge in [-0.05, 0) is 0 Å². The van der Waals surface area contributed by atoms with Crippen molar-refractivity contribution in [2.24, 2.45) is 0 Å². The molecule has 2 rings (SSSR count). The van der Waals surface area contributed by atoms with Gasteiger partial charge in [-0.3, -0.25) is 4.79 Å². The molecule has 0 bridgehead atoms. The first-order valence-corrected chi connectivity index (χ1v) is 8.03. The second-order valence-corrected chi connectivity index (χ2v) is 5.47. The van der Waals surface area contributed by atoms with Crippen molar-refractivity contribution < 1.29 is 34.0 Å². The zero-order valence-corrected chi connectivity index (χ0v) is 14.7. The van der Waals surface area contributed by atoms with Crippen molar-refractivity contribution in [1.29, 1.82) is 0 Å². The molecule has 0 aliphatic carbocycles. The largest absolute Gasteiger partial charge is 0.508 e. The predicted molar refractivity (Wildman–Crippen MR) is 94.5 cm³/mol. The molecule has 0 atom stereocenters. The highest BCUT2D eigenvalue weighted by molar-refractivity contribution is 5.78. The van der Waals surface area contributed by atoms with Crippen molar-refractivity contribution in [2.45, 2.75) is 12.8 Å². The molecule has 7 heteroatoms. The Morgan fingerprint density at radius 3 is 1.62 bits per heavy atom. The summed E-state index contributed by atoms with van der Waals surface area (Å²) >= 11 is 0. The Balaban J connectivity index is 1.73. The molecule has 0 aromatic heterocycles. The number of rotatable bonds is 10. The Morgan fingerprint density at radius 1 is 0.731 bits per heavy atom. The quantitative estimate of drug-likeness (QED) is 0.671. The summed E-state index contributed by atoms with van der Waals surface area (Å²) in [6.07, 6.45) is 0.426. The van der Waals surface area contributed by atoms with Crippen LogP contribution in [0.2, 0.25) is 0 Å².